The Hall–Kier alpha value is -3.82. The molecule has 1 aromatic rings. The number of hydrogen-bond donors (Lipinski definition) is 3. The van der Waals surface area contributed by atoms with Crippen LogP contribution in [0.4, 0.5) is 0 Å². The molecule has 1 atom stereocenters. The molecule has 0 saturated heterocycles. The van der Waals surface area contributed by atoms with Gasteiger partial charge in [-0.2, -0.15) is 0 Å². The average molecular weight is 456 g/mol. The first-order valence-electron chi connectivity index (χ1n) is 10.7. The van der Waals surface area contributed by atoms with Gasteiger partial charge in [-0.25, -0.2) is 0 Å². The molecule has 1 aliphatic rings. The number of unbranched alkanes of at least 4 members (excludes halogenated alkanes) is 2. The summed E-state index contributed by atoms with van der Waals surface area (Å²) >= 11 is 0. The number of rotatable bonds is 14. The van der Waals surface area contributed by atoms with Crippen LogP contribution in [-0.4, -0.2) is 66.4 Å². The molecule has 5 amide bonds. The number of carbonyl (C=O) groups is 6. The van der Waals surface area contributed by atoms with Crippen molar-refractivity contribution in [1.29, 1.82) is 0 Å². The first-order valence-corrected chi connectivity index (χ1v) is 10.7. The Morgan fingerprint density at radius 3 is 2.15 bits per heavy atom. The van der Waals surface area contributed by atoms with E-state index in [0.29, 0.717) is 38.5 Å². The molecule has 0 spiro atoms. The van der Waals surface area contributed by atoms with Gasteiger partial charge in [0.15, 0.2) is 0 Å². The van der Waals surface area contributed by atoms with E-state index < -0.39 is 17.9 Å². The van der Waals surface area contributed by atoms with Crippen molar-refractivity contribution in [3.63, 3.8) is 0 Å². The van der Waals surface area contributed by atoms with Gasteiger partial charge >= 0.3 is 0 Å². The Bertz CT molecular complexity index is 881. The van der Waals surface area contributed by atoms with Gasteiger partial charge in [0.25, 0.3) is 11.8 Å². The molecular weight excluding hydrogens is 428 g/mol. The van der Waals surface area contributed by atoms with Crippen molar-refractivity contribution < 1.29 is 28.8 Å². The summed E-state index contributed by atoms with van der Waals surface area (Å²) in [6.45, 7) is -0.264. The van der Waals surface area contributed by atoms with Crippen LogP contribution in [0.15, 0.2) is 42.5 Å². The highest BCUT2D eigenvalue weighted by Gasteiger charge is 2.22. The van der Waals surface area contributed by atoms with Crippen LogP contribution in [0.25, 0.3) is 0 Å². The summed E-state index contributed by atoms with van der Waals surface area (Å²) in [5, 5.41) is 7.40. The second-order valence-electron chi connectivity index (χ2n) is 7.53. The highest BCUT2D eigenvalue weighted by atomic mass is 16.2. The molecule has 10 nitrogen and oxygen atoms in total. The van der Waals surface area contributed by atoms with Crippen LogP contribution in [-0.2, 0) is 35.2 Å². The molecule has 1 heterocycles. The lowest BCUT2D eigenvalue weighted by atomic mass is 10.1. The largest absolute Gasteiger partial charge is 0.347 e. The van der Waals surface area contributed by atoms with E-state index >= 15 is 0 Å². The number of carbonyl (C=O) groups excluding carboxylic acids is 6. The molecule has 0 bridgehead atoms. The lowest BCUT2D eigenvalue weighted by Crippen LogP contribution is -2.45. The summed E-state index contributed by atoms with van der Waals surface area (Å²) in [5.74, 6) is -1.99. The van der Waals surface area contributed by atoms with Crippen LogP contribution in [0.1, 0.15) is 31.2 Å². The van der Waals surface area contributed by atoms with Gasteiger partial charge in [0.05, 0.1) is 19.1 Å². The van der Waals surface area contributed by atoms with Gasteiger partial charge in [0.1, 0.15) is 6.29 Å². The van der Waals surface area contributed by atoms with Gasteiger partial charge < -0.3 is 20.7 Å². The average Bonchev–Trinajstić information content (AvgIpc) is 3.13. The molecule has 2 rings (SSSR count). The summed E-state index contributed by atoms with van der Waals surface area (Å²) < 4.78 is 0. The predicted molar refractivity (Wildman–Crippen MR) is 118 cm³/mol. The summed E-state index contributed by atoms with van der Waals surface area (Å²) in [5.41, 5.74) is 0.900. The third-order valence-corrected chi connectivity index (χ3v) is 4.89. The highest BCUT2D eigenvalue weighted by molar-refractivity contribution is 6.12. The molecule has 10 heteroatoms. The van der Waals surface area contributed by atoms with Crippen molar-refractivity contribution in [2.24, 2.45) is 0 Å². The highest BCUT2D eigenvalue weighted by Crippen LogP contribution is 2.07. The number of benzene rings is 1. The molecule has 0 aromatic heterocycles. The van der Waals surface area contributed by atoms with E-state index in [1.807, 2.05) is 30.3 Å². The van der Waals surface area contributed by atoms with Crippen molar-refractivity contribution in [3.8, 4) is 0 Å². The van der Waals surface area contributed by atoms with E-state index in [-0.39, 0.29) is 37.2 Å². The zero-order valence-corrected chi connectivity index (χ0v) is 18.2. The van der Waals surface area contributed by atoms with Crippen molar-refractivity contribution in [3.05, 3.63) is 48.0 Å². The molecule has 3 N–H and O–H groups in total. The number of imide groups is 1. The van der Waals surface area contributed by atoms with Crippen molar-refractivity contribution >= 4 is 35.8 Å². The van der Waals surface area contributed by atoms with E-state index in [9.17, 15) is 28.8 Å². The standard InChI is InChI=1S/C23H28N4O6/c28-16-18(13-17-7-3-1-4-8-17)26-21(31)15-25-20(30)14-24-19(29)9-5-2-6-12-27-22(32)10-11-23(27)33/h1,3-4,7-8,10-11,16,18H,2,5-6,9,12-15H2,(H,24,29)(H,25,30)(H,26,31)/t18-/m0/s1. The fourth-order valence-electron chi connectivity index (χ4n) is 3.15. The van der Waals surface area contributed by atoms with Gasteiger partial charge in [-0.3, -0.25) is 28.9 Å². The molecule has 0 saturated carbocycles. The molecule has 1 aliphatic heterocycles. The number of hydrogen-bond acceptors (Lipinski definition) is 6. The normalized spacial score (nSPS) is 13.5. The quantitative estimate of drug-likeness (QED) is 0.198. The predicted octanol–water partition coefficient (Wildman–Crippen LogP) is -0.369. The van der Waals surface area contributed by atoms with Crippen LogP contribution in [0.5, 0.6) is 0 Å². The van der Waals surface area contributed by atoms with E-state index in [2.05, 4.69) is 16.0 Å². The molecule has 33 heavy (non-hydrogen) atoms. The monoisotopic (exact) mass is 456 g/mol. The minimum Gasteiger partial charge on any atom is -0.347 e. The number of aldehydes is 1. The molecule has 0 aliphatic carbocycles. The van der Waals surface area contributed by atoms with Crippen LogP contribution in [0.2, 0.25) is 0 Å². The second kappa shape index (κ2) is 13.6. The first kappa shape index (κ1) is 25.4. The Kier molecular flexibility index (Phi) is 10.5. The summed E-state index contributed by atoms with van der Waals surface area (Å²) in [4.78, 5) is 70.8. The topological polar surface area (TPSA) is 142 Å². The zero-order chi connectivity index (χ0) is 24.1. The van der Waals surface area contributed by atoms with Crippen molar-refractivity contribution in [2.45, 2.75) is 38.1 Å². The summed E-state index contributed by atoms with van der Waals surface area (Å²) in [7, 11) is 0. The van der Waals surface area contributed by atoms with Crippen LogP contribution < -0.4 is 16.0 Å². The number of nitrogens with zero attached hydrogens (tertiary/aromatic N) is 1. The van der Waals surface area contributed by atoms with Gasteiger partial charge in [-0.15, -0.1) is 0 Å². The van der Waals surface area contributed by atoms with Crippen molar-refractivity contribution in [1.82, 2.24) is 20.9 Å². The van der Waals surface area contributed by atoms with Gasteiger partial charge in [-0.05, 0) is 24.8 Å². The Balaban J connectivity index is 1.53. The minimum absolute atomic E-state index is 0.203. The van der Waals surface area contributed by atoms with E-state index in [0.717, 1.165) is 10.5 Å². The Labute approximate surface area is 191 Å². The van der Waals surface area contributed by atoms with E-state index in [1.54, 1.807) is 0 Å². The van der Waals surface area contributed by atoms with Gasteiger partial charge in [-0.1, -0.05) is 36.8 Å². The first-order chi connectivity index (χ1) is 15.9. The van der Waals surface area contributed by atoms with Crippen LogP contribution in [0, 0.1) is 0 Å². The maximum absolute atomic E-state index is 12.0. The maximum Gasteiger partial charge on any atom is 0.253 e. The second-order valence-corrected chi connectivity index (χ2v) is 7.53. The maximum atomic E-state index is 12.0. The summed E-state index contributed by atoms with van der Waals surface area (Å²) in [6, 6.07) is 8.52. The fourth-order valence-corrected chi connectivity index (χ4v) is 3.15. The molecular formula is C23H28N4O6. The number of amides is 5. The number of nitrogens with one attached hydrogen (secondary N) is 3. The molecule has 176 valence electrons. The third kappa shape index (κ3) is 9.46. The Morgan fingerprint density at radius 2 is 1.48 bits per heavy atom. The molecule has 0 unspecified atom stereocenters. The minimum atomic E-state index is -0.700. The smallest absolute Gasteiger partial charge is 0.253 e. The van der Waals surface area contributed by atoms with E-state index in [1.165, 1.54) is 12.2 Å². The Morgan fingerprint density at radius 1 is 0.848 bits per heavy atom. The van der Waals surface area contributed by atoms with E-state index in [4.69, 9.17) is 0 Å². The van der Waals surface area contributed by atoms with Crippen LogP contribution in [0.3, 0.4) is 0 Å². The molecule has 1 aromatic carbocycles. The molecule has 0 radical (unpaired) electrons. The van der Waals surface area contributed by atoms with Gasteiger partial charge in [0, 0.05) is 25.1 Å². The lowest BCUT2D eigenvalue weighted by molar-refractivity contribution is -0.137. The summed E-state index contributed by atoms with van der Waals surface area (Å²) in [6.07, 6.45) is 5.45. The lowest BCUT2D eigenvalue weighted by Gasteiger charge is -2.13. The van der Waals surface area contributed by atoms with Crippen molar-refractivity contribution in [2.75, 3.05) is 19.6 Å². The molecule has 0 fully saturated rings. The van der Waals surface area contributed by atoms with Gasteiger partial charge in [0.2, 0.25) is 17.7 Å². The SMILES string of the molecule is O=C[C@H](Cc1ccccc1)NC(=O)CNC(=O)CNC(=O)CCCCCN1C(=O)C=CC1=O. The van der Waals surface area contributed by atoms with Crippen LogP contribution >= 0.6 is 0 Å². The zero-order valence-electron chi connectivity index (χ0n) is 18.2. The fraction of sp³-hybridized carbons (Fsp3) is 0.391. The third-order valence-electron chi connectivity index (χ3n) is 4.89.